The van der Waals surface area contributed by atoms with Crippen LogP contribution in [-0.4, -0.2) is 12.9 Å². The van der Waals surface area contributed by atoms with Gasteiger partial charge in [0.05, 0.1) is 7.11 Å². The second-order valence-corrected chi connectivity index (χ2v) is 2.52. The van der Waals surface area contributed by atoms with E-state index in [9.17, 15) is 4.79 Å². The van der Waals surface area contributed by atoms with E-state index >= 15 is 0 Å². The molecule has 0 saturated carbocycles. The van der Waals surface area contributed by atoms with Gasteiger partial charge >= 0.3 is 0 Å². The Hall–Kier alpha value is -0.790. The summed E-state index contributed by atoms with van der Waals surface area (Å²) in [4.78, 5) is 10.6. The smallest absolute Gasteiger partial charge is 0.155 e. The third-order valence-electron chi connectivity index (χ3n) is 1.15. The van der Waals surface area contributed by atoms with Crippen molar-refractivity contribution in [2.24, 2.45) is 5.92 Å². The van der Waals surface area contributed by atoms with Gasteiger partial charge in [-0.2, -0.15) is 0 Å². The van der Waals surface area contributed by atoms with Crippen molar-refractivity contribution in [3.63, 3.8) is 0 Å². The van der Waals surface area contributed by atoms with Crippen LogP contribution in [0.4, 0.5) is 0 Å². The fraction of sp³-hybridized carbons (Fsp3) is 0.625. The van der Waals surface area contributed by atoms with Gasteiger partial charge in [-0.3, -0.25) is 4.79 Å². The molecule has 10 heavy (non-hydrogen) atoms. The standard InChI is InChI=1S/C8H14O2/c1-6(2)8(10-4)5-7(3)9/h5-6H,1-4H3/b8-5-. The molecule has 0 aliphatic heterocycles. The maximum Gasteiger partial charge on any atom is 0.155 e. The molecule has 0 spiro atoms. The molecule has 0 bridgehead atoms. The third-order valence-corrected chi connectivity index (χ3v) is 1.15. The quantitative estimate of drug-likeness (QED) is 0.443. The van der Waals surface area contributed by atoms with Gasteiger partial charge in [0.1, 0.15) is 5.76 Å². The van der Waals surface area contributed by atoms with Gasteiger partial charge in [0, 0.05) is 12.0 Å². The molecular weight excluding hydrogens is 128 g/mol. The van der Waals surface area contributed by atoms with Crippen molar-refractivity contribution in [1.82, 2.24) is 0 Å². The van der Waals surface area contributed by atoms with E-state index in [2.05, 4.69) is 0 Å². The Morgan fingerprint density at radius 2 is 2.00 bits per heavy atom. The monoisotopic (exact) mass is 142 g/mol. The van der Waals surface area contributed by atoms with Crippen LogP contribution in [-0.2, 0) is 9.53 Å². The normalized spacial score (nSPS) is 11.9. The largest absolute Gasteiger partial charge is 0.501 e. The summed E-state index contributed by atoms with van der Waals surface area (Å²) in [6.07, 6.45) is 1.52. The zero-order chi connectivity index (χ0) is 8.15. The van der Waals surface area contributed by atoms with Gasteiger partial charge in [-0.25, -0.2) is 0 Å². The SMILES string of the molecule is CO/C(=C\C(C)=O)C(C)C. The van der Waals surface area contributed by atoms with Crippen molar-refractivity contribution in [2.75, 3.05) is 7.11 Å². The molecule has 0 saturated heterocycles. The highest BCUT2D eigenvalue weighted by molar-refractivity contribution is 5.87. The highest BCUT2D eigenvalue weighted by atomic mass is 16.5. The molecule has 0 atom stereocenters. The van der Waals surface area contributed by atoms with E-state index < -0.39 is 0 Å². The summed E-state index contributed by atoms with van der Waals surface area (Å²) < 4.78 is 4.96. The number of hydrogen-bond acceptors (Lipinski definition) is 2. The Morgan fingerprint density at radius 3 is 2.10 bits per heavy atom. The molecule has 0 amide bonds. The molecule has 0 aromatic carbocycles. The van der Waals surface area contributed by atoms with Gasteiger partial charge in [0.15, 0.2) is 5.78 Å². The maximum absolute atomic E-state index is 10.6. The van der Waals surface area contributed by atoms with Crippen molar-refractivity contribution in [2.45, 2.75) is 20.8 Å². The van der Waals surface area contributed by atoms with Crippen LogP contribution in [0.25, 0.3) is 0 Å². The highest BCUT2D eigenvalue weighted by Crippen LogP contribution is 2.08. The fourth-order valence-electron chi connectivity index (χ4n) is 0.662. The van der Waals surface area contributed by atoms with Gasteiger partial charge in [0.25, 0.3) is 0 Å². The number of ether oxygens (including phenoxy) is 1. The number of carbonyl (C=O) groups excluding carboxylic acids is 1. The van der Waals surface area contributed by atoms with Crippen LogP contribution in [0, 0.1) is 5.92 Å². The van der Waals surface area contributed by atoms with Gasteiger partial charge in [-0.05, 0) is 6.92 Å². The molecule has 0 rings (SSSR count). The third kappa shape index (κ3) is 3.28. The van der Waals surface area contributed by atoms with Crippen molar-refractivity contribution >= 4 is 5.78 Å². The Morgan fingerprint density at radius 1 is 1.50 bits per heavy atom. The molecule has 0 aromatic heterocycles. The summed E-state index contributed by atoms with van der Waals surface area (Å²) in [6, 6.07) is 0. The topological polar surface area (TPSA) is 26.3 Å². The molecular formula is C8H14O2. The Bertz CT molecular complexity index is 145. The molecule has 2 nitrogen and oxygen atoms in total. The predicted octanol–water partition coefficient (Wildman–Crippen LogP) is 1.76. The van der Waals surface area contributed by atoms with Crippen molar-refractivity contribution in [1.29, 1.82) is 0 Å². The maximum atomic E-state index is 10.6. The van der Waals surface area contributed by atoms with E-state index in [-0.39, 0.29) is 11.7 Å². The van der Waals surface area contributed by atoms with E-state index in [1.54, 1.807) is 7.11 Å². The summed E-state index contributed by atoms with van der Waals surface area (Å²) in [5.74, 6) is 1.06. The van der Waals surface area contributed by atoms with Gasteiger partial charge < -0.3 is 4.74 Å². The fourth-order valence-corrected chi connectivity index (χ4v) is 0.662. The van der Waals surface area contributed by atoms with Crippen LogP contribution in [0.1, 0.15) is 20.8 Å². The van der Waals surface area contributed by atoms with Crippen LogP contribution >= 0.6 is 0 Å². The predicted molar refractivity (Wildman–Crippen MR) is 40.6 cm³/mol. The first-order valence-corrected chi connectivity index (χ1v) is 3.34. The summed E-state index contributed by atoms with van der Waals surface area (Å²) in [7, 11) is 1.58. The highest BCUT2D eigenvalue weighted by Gasteiger charge is 2.02. The lowest BCUT2D eigenvalue weighted by molar-refractivity contribution is -0.112. The molecule has 0 aliphatic carbocycles. The van der Waals surface area contributed by atoms with E-state index in [1.807, 2.05) is 13.8 Å². The van der Waals surface area contributed by atoms with Crippen molar-refractivity contribution in [3.8, 4) is 0 Å². The number of ketones is 1. The lowest BCUT2D eigenvalue weighted by Crippen LogP contribution is -1.99. The zero-order valence-corrected chi connectivity index (χ0v) is 6.97. The molecule has 0 unspecified atom stereocenters. The van der Waals surface area contributed by atoms with Crippen LogP contribution < -0.4 is 0 Å². The van der Waals surface area contributed by atoms with Gasteiger partial charge in [-0.1, -0.05) is 13.8 Å². The molecule has 2 heteroatoms. The first-order chi connectivity index (χ1) is 4.57. The van der Waals surface area contributed by atoms with E-state index in [0.717, 1.165) is 5.76 Å². The van der Waals surface area contributed by atoms with Gasteiger partial charge in [-0.15, -0.1) is 0 Å². The van der Waals surface area contributed by atoms with Gasteiger partial charge in [0.2, 0.25) is 0 Å². The van der Waals surface area contributed by atoms with Crippen LogP contribution in [0.3, 0.4) is 0 Å². The lowest BCUT2D eigenvalue weighted by atomic mass is 10.1. The van der Waals surface area contributed by atoms with Crippen LogP contribution in [0.2, 0.25) is 0 Å². The minimum absolute atomic E-state index is 0.0329. The minimum atomic E-state index is 0.0329. The Balaban J connectivity index is 4.18. The van der Waals surface area contributed by atoms with E-state index in [1.165, 1.54) is 13.0 Å². The average molecular weight is 142 g/mol. The number of methoxy groups -OCH3 is 1. The second-order valence-electron chi connectivity index (χ2n) is 2.52. The molecule has 0 heterocycles. The summed E-state index contributed by atoms with van der Waals surface area (Å²) >= 11 is 0. The van der Waals surface area contributed by atoms with E-state index in [4.69, 9.17) is 4.74 Å². The Kier molecular flexibility index (Phi) is 3.77. The lowest BCUT2D eigenvalue weighted by Gasteiger charge is -2.07. The van der Waals surface area contributed by atoms with Crippen molar-refractivity contribution < 1.29 is 9.53 Å². The average Bonchev–Trinajstić information content (AvgIpc) is 1.81. The number of rotatable bonds is 3. The first kappa shape index (κ1) is 9.21. The minimum Gasteiger partial charge on any atom is -0.501 e. The summed E-state index contributed by atoms with van der Waals surface area (Å²) in [5, 5.41) is 0. The second kappa shape index (κ2) is 4.09. The zero-order valence-electron chi connectivity index (χ0n) is 6.97. The van der Waals surface area contributed by atoms with Crippen molar-refractivity contribution in [3.05, 3.63) is 11.8 Å². The first-order valence-electron chi connectivity index (χ1n) is 3.34. The molecule has 0 radical (unpaired) electrons. The van der Waals surface area contributed by atoms with Crippen LogP contribution in [0.5, 0.6) is 0 Å². The number of hydrogen-bond donors (Lipinski definition) is 0. The summed E-state index contributed by atoms with van der Waals surface area (Å²) in [6.45, 7) is 5.48. The Labute approximate surface area is 61.9 Å². The molecule has 0 fully saturated rings. The molecule has 58 valence electrons. The molecule has 0 aliphatic rings. The molecule has 0 aromatic rings. The number of carbonyl (C=O) groups is 1. The number of allylic oxidation sites excluding steroid dienone is 2. The summed E-state index contributed by atoms with van der Waals surface area (Å²) in [5.41, 5.74) is 0. The van der Waals surface area contributed by atoms with Crippen LogP contribution in [0.15, 0.2) is 11.8 Å². The van der Waals surface area contributed by atoms with E-state index in [0.29, 0.717) is 0 Å². The molecule has 0 N–H and O–H groups in total.